The van der Waals surface area contributed by atoms with Crippen LogP contribution in [0.5, 0.6) is 0 Å². The Balaban J connectivity index is 2.61. The number of ether oxygens (including phenoxy) is 1. The van der Waals surface area contributed by atoms with Gasteiger partial charge in [-0.25, -0.2) is 22.9 Å². The molecule has 0 bridgehead atoms. The Morgan fingerprint density at radius 2 is 2.31 bits per heavy atom. The van der Waals surface area contributed by atoms with Crippen LogP contribution in [0.2, 0.25) is 0 Å². The predicted octanol–water partition coefficient (Wildman–Crippen LogP) is 0.369. The summed E-state index contributed by atoms with van der Waals surface area (Å²) in [7, 11) is -3.24. The number of carbonyl (C=O) groups excluding carboxylic acids is 1. The Labute approximate surface area is 97.7 Å². The van der Waals surface area contributed by atoms with Crippen molar-refractivity contribution in [3.63, 3.8) is 0 Å². The molecule has 0 aromatic carbocycles. The molecule has 0 amide bonds. The van der Waals surface area contributed by atoms with Gasteiger partial charge in [-0.1, -0.05) is 0 Å². The lowest BCUT2D eigenvalue weighted by Gasteiger charge is -1.98. The minimum atomic E-state index is -3.24. The molecule has 6 nitrogen and oxygen atoms in total. The van der Waals surface area contributed by atoms with Crippen LogP contribution in [0.1, 0.15) is 22.4 Å². The molecule has 1 aromatic heterocycles. The number of esters is 1. The number of hydrogen-bond donors (Lipinski definition) is 1. The number of nitrogens with one attached hydrogen (secondary N) is 1. The highest BCUT2D eigenvalue weighted by molar-refractivity contribution is 7.88. The van der Waals surface area contributed by atoms with Gasteiger partial charge < -0.3 is 4.74 Å². The van der Waals surface area contributed by atoms with Crippen LogP contribution < -0.4 is 4.72 Å². The van der Waals surface area contributed by atoms with E-state index < -0.39 is 16.0 Å². The van der Waals surface area contributed by atoms with Crippen LogP contribution in [0.4, 0.5) is 0 Å². The number of aromatic nitrogens is 1. The first kappa shape index (κ1) is 13.1. The van der Waals surface area contributed by atoms with E-state index in [1.165, 1.54) is 16.7 Å². The SMILES string of the molecule is CCOC(=O)c1csc(CNS(C)(=O)=O)n1. The van der Waals surface area contributed by atoms with Crippen molar-refractivity contribution >= 4 is 27.3 Å². The third kappa shape index (κ3) is 4.25. The first-order chi connectivity index (χ1) is 7.42. The second-order valence-electron chi connectivity index (χ2n) is 2.94. The third-order valence-corrected chi connectivity index (χ3v) is 3.04. The second kappa shape index (κ2) is 5.37. The van der Waals surface area contributed by atoms with Crippen molar-refractivity contribution in [2.45, 2.75) is 13.5 Å². The molecule has 0 radical (unpaired) electrons. The molecule has 0 fully saturated rings. The van der Waals surface area contributed by atoms with Gasteiger partial charge in [0.25, 0.3) is 0 Å². The van der Waals surface area contributed by atoms with E-state index in [1.54, 1.807) is 6.92 Å². The molecular formula is C8H12N2O4S2. The first-order valence-corrected chi connectivity index (χ1v) is 7.25. The minimum Gasteiger partial charge on any atom is -0.461 e. The Kier molecular flexibility index (Phi) is 4.39. The minimum absolute atomic E-state index is 0.0862. The molecule has 1 heterocycles. The third-order valence-electron chi connectivity index (χ3n) is 1.52. The van der Waals surface area contributed by atoms with Gasteiger partial charge in [0.2, 0.25) is 10.0 Å². The summed E-state index contributed by atoms with van der Waals surface area (Å²) in [6.07, 6.45) is 1.06. The van der Waals surface area contributed by atoms with Gasteiger partial charge in [-0.3, -0.25) is 0 Å². The zero-order chi connectivity index (χ0) is 12.2. The average molecular weight is 264 g/mol. The highest BCUT2D eigenvalue weighted by Gasteiger charge is 2.12. The molecule has 1 aromatic rings. The molecule has 0 unspecified atom stereocenters. The van der Waals surface area contributed by atoms with Crippen molar-refractivity contribution in [3.8, 4) is 0 Å². The van der Waals surface area contributed by atoms with E-state index in [-0.39, 0.29) is 18.8 Å². The van der Waals surface area contributed by atoms with E-state index in [9.17, 15) is 13.2 Å². The van der Waals surface area contributed by atoms with E-state index in [0.717, 1.165) is 6.26 Å². The number of thiazole rings is 1. The number of hydrogen-bond acceptors (Lipinski definition) is 6. The predicted molar refractivity (Wildman–Crippen MR) is 59.8 cm³/mol. The van der Waals surface area contributed by atoms with Crippen LogP contribution in [0.25, 0.3) is 0 Å². The van der Waals surface area contributed by atoms with Crippen molar-refractivity contribution in [2.24, 2.45) is 0 Å². The Bertz CT molecular complexity index is 466. The number of nitrogens with zero attached hydrogens (tertiary/aromatic N) is 1. The normalized spacial score (nSPS) is 11.4. The lowest BCUT2D eigenvalue weighted by Crippen LogP contribution is -2.21. The molecule has 0 atom stereocenters. The molecule has 0 saturated carbocycles. The topological polar surface area (TPSA) is 85.4 Å². The van der Waals surface area contributed by atoms with Crippen molar-refractivity contribution in [1.29, 1.82) is 0 Å². The maximum atomic E-state index is 11.2. The van der Waals surface area contributed by atoms with E-state index in [2.05, 4.69) is 9.71 Å². The van der Waals surface area contributed by atoms with Gasteiger partial charge in [0.15, 0.2) is 5.69 Å². The Hall–Kier alpha value is -0.990. The van der Waals surface area contributed by atoms with Crippen LogP contribution in [0.3, 0.4) is 0 Å². The van der Waals surface area contributed by atoms with Crippen LogP contribution in [0.15, 0.2) is 5.38 Å². The van der Waals surface area contributed by atoms with Gasteiger partial charge in [0.05, 0.1) is 19.4 Å². The number of sulfonamides is 1. The molecule has 1 N–H and O–H groups in total. The smallest absolute Gasteiger partial charge is 0.357 e. The summed E-state index contributed by atoms with van der Waals surface area (Å²) in [4.78, 5) is 15.2. The fourth-order valence-corrected chi connectivity index (χ4v) is 2.08. The van der Waals surface area contributed by atoms with E-state index in [1.807, 2.05) is 0 Å². The molecular weight excluding hydrogens is 252 g/mol. The molecule has 8 heteroatoms. The van der Waals surface area contributed by atoms with Gasteiger partial charge in [-0.2, -0.15) is 0 Å². The number of carbonyl (C=O) groups is 1. The molecule has 0 aliphatic heterocycles. The standard InChI is InChI=1S/C8H12N2O4S2/c1-3-14-8(11)6-5-15-7(10-6)4-9-16(2,12)13/h5,9H,3-4H2,1-2H3. The highest BCUT2D eigenvalue weighted by Crippen LogP contribution is 2.10. The zero-order valence-electron chi connectivity index (χ0n) is 8.89. The zero-order valence-corrected chi connectivity index (χ0v) is 10.5. The van der Waals surface area contributed by atoms with Crippen molar-refractivity contribution in [3.05, 3.63) is 16.1 Å². The summed E-state index contributed by atoms with van der Waals surface area (Å²) in [6, 6.07) is 0. The summed E-state index contributed by atoms with van der Waals surface area (Å²) < 4.78 is 28.7. The van der Waals surface area contributed by atoms with Gasteiger partial charge >= 0.3 is 5.97 Å². The summed E-state index contributed by atoms with van der Waals surface area (Å²) in [6.45, 7) is 2.08. The van der Waals surface area contributed by atoms with Crippen LogP contribution in [-0.4, -0.2) is 32.2 Å². The number of rotatable bonds is 5. The monoisotopic (exact) mass is 264 g/mol. The lowest BCUT2D eigenvalue weighted by atomic mass is 10.5. The average Bonchev–Trinajstić information content (AvgIpc) is 2.62. The van der Waals surface area contributed by atoms with Crippen molar-refractivity contribution < 1.29 is 17.9 Å². The Morgan fingerprint density at radius 3 is 2.88 bits per heavy atom. The Morgan fingerprint density at radius 1 is 1.62 bits per heavy atom. The van der Waals surface area contributed by atoms with E-state index >= 15 is 0 Å². The largest absolute Gasteiger partial charge is 0.461 e. The van der Waals surface area contributed by atoms with E-state index in [0.29, 0.717) is 5.01 Å². The molecule has 90 valence electrons. The van der Waals surface area contributed by atoms with Gasteiger partial charge in [0.1, 0.15) is 5.01 Å². The maximum absolute atomic E-state index is 11.2. The molecule has 0 aliphatic rings. The van der Waals surface area contributed by atoms with Gasteiger partial charge in [-0.05, 0) is 6.92 Å². The molecule has 0 aliphatic carbocycles. The maximum Gasteiger partial charge on any atom is 0.357 e. The highest BCUT2D eigenvalue weighted by atomic mass is 32.2. The summed E-state index contributed by atoms with van der Waals surface area (Å²) >= 11 is 1.21. The molecule has 0 saturated heterocycles. The molecule has 0 spiro atoms. The molecule has 16 heavy (non-hydrogen) atoms. The fourth-order valence-electron chi connectivity index (χ4n) is 0.884. The van der Waals surface area contributed by atoms with Crippen molar-refractivity contribution in [1.82, 2.24) is 9.71 Å². The quantitative estimate of drug-likeness (QED) is 0.776. The lowest BCUT2D eigenvalue weighted by molar-refractivity contribution is 0.0520. The van der Waals surface area contributed by atoms with Crippen LogP contribution in [-0.2, 0) is 21.3 Å². The van der Waals surface area contributed by atoms with Gasteiger partial charge in [0, 0.05) is 5.38 Å². The second-order valence-corrected chi connectivity index (χ2v) is 5.72. The first-order valence-electron chi connectivity index (χ1n) is 4.48. The van der Waals surface area contributed by atoms with Crippen LogP contribution in [0, 0.1) is 0 Å². The van der Waals surface area contributed by atoms with Crippen molar-refractivity contribution in [2.75, 3.05) is 12.9 Å². The summed E-state index contributed by atoms with van der Waals surface area (Å²) in [5.74, 6) is -0.496. The molecule has 1 rings (SSSR count). The fraction of sp³-hybridized carbons (Fsp3) is 0.500. The van der Waals surface area contributed by atoms with Gasteiger partial charge in [-0.15, -0.1) is 11.3 Å². The summed E-state index contributed by atoms with van der Waals surface area (Å²) in [5, 5.41) is 2.06. The summed E-state index contributed by atoms with van der Waals surface area (Å²) in [5.41, 5.74) is 0.206. The van der Waals surface area contributed by atoms with Crippen LogP contribution >= 0.6 is 11.3 Å². The van der Waals surface area contributed by atoms with E-state index in [4.69, 9.17) is 4.74 Å².